The van der Waals surface area contributed by atoms with Gasteiger partial charge < -0.3 is 10.4 Å². The third kappa shape index (κ3) is 3.40. The minimum atomic E-state index is -1.14. The van der Waals surface area contributed by atoms with Crippen molar-refractivity contribution in [2.75, 3.05) is 10.2 Å². The van der Waals surface area contributed by atoms with Gasteiger partial charge in [0.25, 0.3) is 5.91 Å². The molecule has 7 nitrogen and oxygen atoms in total. The van der Waals surface area contributed by atoms with Gasteiger partial charge in [-0.1, -0.05) is 25.0 Å². The number of carbonyl (C=O) groups excluding carboxylic acids is 3. The number of aromatic carboxylic acids is 1. The lowest BCUT2D eigenvalue weighted by Crippen LogP contribution is -2.30. The fraction of sp³-hybridized carbons (Fsp3) is 0.273. The number of nitrogens with zero attached hydrogens (tertiary/aromatic N) is 1. The van der Waals surface area contributed by atoms with Crippen LogP contribution in [-0.2, 0) is 9.59 Å². The Balaban J connectivity index is 1.53. The summed E-state index contributed by atoms with van der Waals surface area (Å²) in [5.74, 6) is -2.39. The molecule has 1 heterocycles. The number of carbonyl (C=O) groups is 4. The van der Waals surface area contributed by atoms with Gasteiger partial charge in [0.15, 0.2) is 0 Å². The van der Waals surface area contributed by atoms with Gasteiger partial charge in [-0.3, -0.25) is 19.3 Å². The van der Waals surface area contributed by atoms with Crippen molar-refractivity contribution in [2.45, 2.75) is 25.7 Å². The number of hydrogen-bond donors (Lipinski definition) is 2. The van der Waals surface area contributed by atoms with Crippen LogP contribution in [0.15, 0.2) is 48.5 Å². The van der Waals surface area contributed by atoms with E-state index < -0.39 is 11.9 Å². The number of benzene rings is 2. The Labute approximate surface area is 167 Å². The Kier molecular flexibility index (Phi) is 4.88. The van der Waals surface area contributed by atoms with Crippen LogP contribution in [0.1, 0.15) is 46.4 Å². The fourth-order valence-corrected chi connectivity index (χ4v) is 4.15. The van der Waals surface area contributed by atoms with Crippen molar-refractivity contribution in [3.8, 4) is 0 Å². The average Bonchev–Trinajstić information content (AvgIpc) is 2.99. The molecule has 2 atom stereocenters. The number of imide groups is 1. The molecule has 1 aliphatic heterocycles. The average molecular weight is 392 g/mol. The van der Waals surface area contributed by atoms with E-state index in [2.05, 4.69) is 5.32 Å². The van der Waals surface area contributed by atoms with Crippen molar-refractivity contribution in [3.05, 3.63) is 59.7 Å². The molecule has 2 aromatic rings. The van der Waals surface area contributed by atoms with Gasteiger partial charge >= 0.3 is 5.97 Å². The van der Waals surface area contributed by atoms with E-state index in [1.54, 1.807) is 24.3 Å². The van der Waals surface area contributed by atoms with E-state index in [-0.39, 0.29) is 34.9 Å². The first-order valence-electron chi connectivity index (χ1n) is 9.59. The summed E-state index contributed by atoms with van der Waals surface area (Å²) in [6, 6.07) is 12.3. The molecule has 2 aromatic carbocycles. The highest BCUT2D eigenvalue weighted by Gasteiger charge is 2.48. The highest BCUT2D eigenvalue weighted by Crippen LogP contribution is 2.40. The maximum Gasteiger partial charge on any atom is 0.337 e. The van der Waals surface area contributed by atoms with Gasteiger partial charge in [-0.2, -0.15) is 0 Å². The van der Waals surface area contributed by atoms with Gasteiger partial charge in [0.2, 0.25) is 11.8 Å². The third-order valence-electron chi connectivity index (χ3n) is 5.63. The van der Waals surface area contributed by atoms with E-state index in [4.69, 9.17) is 0 Å². The summed E-state index contributed by atoms with van der Waals surface area (Å²) in [6.45, 7) is 0. The number of carboxylic acid groups (broad SMARTS) is 1. The van der Waals surface area contributed by atoms with Crippen LogP contribution < -0.4 is 10.2 Å². The lowest BCUT2D eigenvalue weighted by atomic mass is 9.81. The fourth-order valence-electron chi connectivity index (χ4n) is 4.15. The van der Waals surface area contributed by atoms with Gasteiger partial charge in [-0.15, -0.1) is 0 Å². The molecule has 2 fully saturated rings. The molecule has 7 heteroatoms. The van der Waals surface area contributed by atoms with Crippen LogP contribution in [0, 0.1) is 11.8 Å². The van der Waals surface area contributed by atoms with Crippen LogP contribution >= 0.6 is 0 Å². The van der Waals surface area contributed by atoms with E-state index in [0.29, 0.717) is 11.3 Å². The molecule has 0 spiro atoms. The van der Waals surface area contributed by atoms with Gasteiger partial charge in [0, 0.05) is 5.56 Å². The number of nitrogens with one attached hydrogen (secondary N) is 1. The zero-order valence-electron chi connectivity index (χ0n) is 15.6. The number of para-hydroxylation sites is 1. The van der Waals surface area contributed by atoms with Crippen molar-refractivity contribution in [2.24, 2.45) is 11.8 Å². The van der Waals surface area contributed by atoms with Crippen molar-refractivity contribution in [1.82, 2.24) is 0 Å². The smallest absolute Gasteiger partial charge is 0.337 e. The molecule has 29 heavy (non-hydrogen) atoms. The van der Waals surface area contributed by atoms with Crippen LogP contribution in [0.2, 0.25) is 0 Å². The first-order valence-corrected chi connectivity index (χ1v) is 9.59. The predicted molar refractivity (Wildman–Crippen MR) is 106 cm³/mol. The summed E-state index contributed by atoms with van der Waals surface area (Å²) in [7, 11) is 0. The molecule has 1 saturated carbocycles. The van der Waals surface area contributed by atoms with E-state index in [1.165, 1.54) is 29.2 Å². The lowest BCUT2D eigenvalue weighted by molar-refractivity contribution is -0.122. The minimum absolute atomic E-state index is 0.00617. The largest absolute Gasteiger partial charge is 0.478 e. The quantitative estimate of drug-likeness (QED) is 0.777. The number of anilines is 2. The summed E-state index contributed by atoms with van der Waals surface area (Å²) < 4.78 is 0. The molecule has 0 radical (unpaired) electrons. The zero-order valence-corrected chi connectivity index (χ0v) is 15.6. The molecule has 2 aliphatic rings. The summed E-state index contributed by atoms with van der Waals surface area (Å²) in [5, 5.41) is 11.8. The topological polar surface area (TPSA) is 104 Å². The second-order valence-corrected chi connectivity index (χ2v) is 7.36. The molecule has 0 bridgehead atoms. The summed E-state index contributed by atoms with van der Waals surface area (Å²) >= 11 is 0. The summed E-state index contributed by atoms with van der Waals surface area (Å²) in [5.41, 5.74) is 0.943. The zero-order chi connectivity index (χ0) is 20.5. The van der Waals surface area contributed by atoms with E-state index in [0.717, 1.165) is 25.7 Å². The van der Waals surface area contributed by atoms with E-state index >= 15 is 0 Å². The predicted octanol–water partition coefficient (Wildman–Crippen LogP) is 3.32. The molecule has 3 amide bonds. The number of carboxylic acids is 1. The Morgan fingerprint density at radius 2 is 1.48 bits per heavy atom. The van der Waals surface area contributed by atoms with Crippen LogP contribution in [0.5, 0.6) is 0 Å². The molecule has 0 aromatic heterocycles. The third-order valence-corrected chi connectivity index (χ3v) is 5.63. The van der Waals surface area contributed by atoms with Crippen LogP contribution in [0.4, 0.5) is 11.4 Å². The first-order chi connectivity index (χ1) is 14.0. The normalized spacial score (nSPS) is 21.0. The number of amides is 3. The van der Waals surface area contributed by atoms with Crippen molar-refractivity contribution in [3.63, 3.8) is 0 Å². The Morgan fingerprint density at radius 3 is 2.07 bits per heavy atom. The maximum absolute atomic E-state index is 12.7. The number of rotatable bonds is 4. The number of hydrogen-bond acceptors (Lipinski definition) is 4. The molecule has 1 aliphatic carbocycles. The Hall–Kier alpha value is -3.48. The van der Waals surface area contributed by atoms with Crippen LogP contribution in [-0.4, -0.2) is 28.8 Å². The lowest BCUT2D eigenvalue weighted by Gasteiger charge is -2.19. The Bertz CT molecular complexity index is 975. The van der Waals surface area contributed by atoms with E-state index in [1.807, 2.05) is 0 Å². The van der Waals surface area contributed by atoms with Crippen molar-refractivity contribution in [1.29, 1.82) is 0 Å². The van der Waals surface area contributed by atoms with Gasteiger partial charge in [0.05, 0.1) is 28.8 Å². The monoisotopic (exact) mass is 392 g/mol. The standard InChI is InChI=1S/C22H20N2O5/c25-19(23-18-8-4-3-7-17(18)22(28)29)13-9-11-14(12-10-13)24-20(26)15-5-1-2-6-16(15)21(24)27/h3-4,7-12,15-16H,1-2,5-6H2,(H,23,25)(H,28,29)/t15-,16+. The second-order valence-electron chi connectivity index (χ2n) is 7.36. The van der Waals surface area contributed by atoms with Crippen LogP contribution in [0.3, 0.4) is 0 Å². The highest BCUT2D eigenvalue weighted by molar-refractivity contribution is 6.22. The molecule has 1 saturated heterocycles. The van der Waals surface area contributed by atoms with E-state index in [9.17, 15) is 24.3 Å². The molecular formula is C22H20N2O5. The SMILES string of the molecule is O=C(Nc1ccccc1C(=O)O)c1ccc(N2C(=O)[C@H]3CCCC[C@H]3C2=O)cc1. The number of fused-ring (bicyclic) bond motifs is 1. The first kappa shape index (κ1) is 18.9. The van der Waals surface area contributed by atoms with Crippen molar-refractivity contribution >= 4 is 35.1 Å². The molecular weight excluding hydrogens is 372 g/mol. The second kappa shape index (κ2) is 7.50. The van der Waals surface area contributed by atoms with Gasteiger partial charge in [-0.05, 0) is 49.2 Å². The van der Waals surface area contributed by atoms with Gasteiger partial charge in [-0.25, -0.2) is 4.79 Å². The maximum atomic E-state index is 12.7. The molecule has 2 N–H and O–H groups in total. The van der Waals surface area contributed by atoms with Crippen LogP contribution in [0.25, 0.3) is 0 Å². The van der Waals surface area contributed by atoms with Gasteiger partial charge in [0.1, 0.15) is 0 Å². The molecule has 0 unspecified atom stereocenters. The molecule has 148 valence electrons. The highest BCUT2D eigenvalue weighted by atomic mass is 16.4. The van der Waals surface area contributed by atoms with Crippen molar-refractivity contribution < 1.29 is 24.3 Å². The molecule has 4 rings (SSSR count). The minimum Gasteiger partial charge on any atom is -0.478 e. The Morgan fingerprint density at radius 1 is 0.897 bits per heavy atom. The summed E-state index contributed by atoms with van der Waals surface area (Å²) in [4.78, 5) is 50.4. The summed E-state index contributed by atoms with van der Waals surface area (Å²) in [6.07, 6.45) is 3.42.